The van der Waals surface area contributed by atoms with E-state index in [4.69, 9.17) is 21.4 Å². The summed E-state index contributed by atoms with van der Waals surface area (Å²) < 4.78 is 4.89. The summed E-state index contributed by atoms with van der Waals surface area (Å²) in [6.07, 6.45) is 3.55. The van der Waals surface area contributed by atoms with E-state index in [1.165, 1.54) is 18.4 Å². The molecule has 0 aliphatic carbocycles. The van der Waals surface area contributed by atoms with Crippen LogP contribution >= 0.6 is 22.9 Å². The zero-order valence-corrected chi connectivity index (χ0v) is 19.2. The standard InChI is InChI=1S/C22H24ClN3O5S/c1-31-21(30)25-8-7-22(12-25)13-26(17-6-5-14(23)9-16(17)22)19(27)10-18-24-11-15(32-18)3-2-4-20(28)29/h5-6,9,11H,2-4,7-8,10,12-13H2,1H3,(H,28,29). The monoisotopic (exact) mass is 477 g/mol. The fourth-order valence-electron chi connectivity index (χ4n) is 4.55. The number of hydrogen-bond donors (Lipinski definition) is 1. The van der Waals surface area contributed by atoms with Crippen molar-refractivity contribution in [3.8, 4) is 0 Å². The molecule has 10 heteroatoms. The Hall–Kier alpha value is -2.65. The summed E-state index contributed by atoms with van der Waals surface area (Å²) in [5, 5.41) is 10.1. The number of carbonyl (C=O) groups is 3. The summed E-state index contributed by atoms with van der Waals surface area (Å²) in [5.74, 6) is -0.877. The highest BCUT2D eigenvalue weighted by Gasteiger charge is 2.50. The van der Waals surface area contributed by atoms with Gasteiger partial charge in [-0.1, -0.05) is 11.6 Å². The number of carboxylic acids is 1. The molecule has 2 aromatic rings. The van der Waals surface area contributed by atoms with Crippen LogP contribution in [-0.4, -0.2) is 59.7 Å². The number of fused-ring (bicyclic) bond motifs is 2. The molecule has 1 fully saturated rings. The Morgan fingerprint density at radius 1 is 1.31 bits per heavy atom. The molecule has 32 heavy (non-hydrogen) atoms. The average molecular weight is 478 g/mol. The van der Waals surface area contributed by atoms with Crippen LogP contribution in [0.25, 0.3) is 0 Å². The molecule has 3 heterocycles. The van der Waals surface area contributed by atoms with E-state index < -0.39 is 5.97 Å². The Kier molecular flexibility index (Phi) is 6.39. The lowest BCUT2D eigenvalue weighted by Crippen LogP contribution is -2.40. The highest BCUT2D eigenvalue weighted by molar-refractivity contribution is 7.11. The van der Waals surface area contributed by atoms with Crippen molar-refractivity contribution in [2.75, 3.05) is 31.6 Å². The van der Waals surface area contributed by atoms with Crippen LogP contribution in [0, 0.1) is 0 Å². The van der Waals surface area contributed by atoms with Crippen LogP contribution in [0.1, 0.15) is 34.7 Å². The third kappa shape index (κ3) is 4.45. The SMILES string of the molecule is COC(=O)N1CCC2(C1)CN(C(=O)Cc1ncc(CCCC(=O)O)s1)c1ccc(Cl)cc12. The number of thiazole rings is 1. The zero-order valence-electron chi connectivity index (χ0n) is 17.7. The molecule has 1 spiro atoms. The normalized spacial score (nSPS) is 19.4. The van der Waals surface area contributed by atoms with E-state index in [9.17, 15) is 14.4 Å². The van der Waals surface area contributed by atoms with E-state index in [0.29, 0.717) is 42.5 Å². The number of amides is 2. The van der Waals surface area contributed by atoms with Crippen molar-refractivity contribution in [1.29, 1.82) is 0 Å². The van der Waals surface area contributed by atoms with Crippen molar-refractivity contribution < 1.29 is 24.2 Å². The van der Waals surface area contributed by atoms with Crippen molar-refractivity contribution in [1.82, 2.24) is 9.88 Å². The minimum absolute atomic E-state index is 0.0617. The molecule has 1 N–H and O–H groups in total. The molecule has 1 aromatic carbocycles. The first-order chi connectivity index (χ1) is 15.3. The van der Waals surface area contributed by atoms with Crippen LogP contribution in [0.3, 0.4) is 0 Å². The second-order valence-electron chi connectivity index (χ2n) is 8.21. The van der Waals surface area contributed by atoms with Gasteiger partial charge in [-0.2, -0.15) is 0 Å². The van der Waals surface area contributed by atoms with Gasteiger partial charge in [0.2, 0.25) is 5.91 Å². The minimum atomic E-state index is -0.815. The average Bonchev–Trinajstić information content (AvgIpc) is 3.46. The molecule has 1 saturated heterocycles. The number of ether oxygens (including phenoxy) is 1. The summed E-state index contributed by atoms with van der Waals surface area (Å²) in [5.41, 5.74) is 1.44. The molecule has 2 amide bonds. The summed E-state index contributed by atoms with van der Waals surface area (Å²) >= 11 is 7.72. The predicted molar refractivity (Wildman–Crippen MR) is 120 cm³/mol. The van der Waals surface area contributed by atoms with E-state index in [1.54, 1.807) is 22.1 Å². The van der Waals surface area contributed by atoms with Crippen LogP contribution in [0.2, 0.25) is 5.02 Å². The highest BCUT2D eigenvalue weighted by atomic mass is 35.5. The van der Waals surface area contributed by atoms with Gasteiger partial charge >= 0.3 is 12.1 Å². The fraction of sp³-hybridized carbons (Fsp3) is 0.455. The van der Waals surface area contributed by atoms with Gasteiger partial charge in [-0.3, -0.25) is 9.59 Å². The van der Waals surface area contributed by atoms with E-state index in [1.807, 2.05) is 12.1 Å². The maximum absolute atomic E-state index is 13.3. The second kappa shape index (κ2) is 9.07. The van der Waals surface area contributed by atoms with E-state index in [-0.39, 0.29) is 30.3 Å². The maximum Gasteiger partial charge on any atom is 0.409 e. The highest BCUT2D eigenvalue weighted by Crippen LogP contribution is 2.47. The number of aromatic nitrogens is 1. The van der Waals surface area contributed by atoms with Crippen molar-refractivity contribution in [2.45, 2.75) is 37.5 Å². The van der Waals surface area contributed by atoms with Crippen LogP contribution in [0.5, 0.6) is 0 Å². The first-order valence-corrected chi connectivity index (χ1v) is 11.6. The lowest BCUT2D eigenvalue weighted by Gasteiger charge is -2.25. The van der Waals surface area contributed by atoms with Crippen molar-refractivity contribution in [3.05, 3.63) is 44.9 Å². The topological polar surface area (TPSA) is 100 Å². The Balaban J connectivity index is 1.50. The van der Waals surface area contributed by atoms with Crippen molar-refractivity contribution in [3.63, 3.8) is 0 Å². The lowest BCUT2D eigenvalue weighted by molar-refractivity contribution is -0.137. The molecule has 1 aromatic heterocycles. The molecule has 2 aliphatic rings. The van der Waals surface area contributed by atoms with Gasteiger partial charge in [0, 0.05) is 53.3 Å². The zero-order chi connectivity index (χ0) is 22.9. The van der Waals surface area contributed by atoms with Crippen LogP contribution in [0.4, 0.5) is 10.5 Å². The lowest BCUT2D eigenvalue weighted by atomic mass is 9.81. The van der Waals surface area contributed by atoms with E-state index in [0.717, 1.165) is 22.5 Å². The Bertz CT molecular complexity index is 1060. The Morgan fingerprint density at radius 3 is 2.88 bits per heavy atom. The molecule has 0 radical (unpaired) electrons. The number of halogens is 1. The van der Waals surface area contributed by atoms with Gasteiger partial charge < -0.3 is 19.6 Å². The summed E-state index contributed by atoms with van der Waals surface area (Å²) in [6, 6.07) is 5.54. The molecule has 0 bridgehead atoms. The number of rotatable bonds is 6. The number of benzene rings is 1. The second-order valence-corrected chi connectivity index (χ2v) is 9.84. The Labute approximate surface area is 194 Å². The number of methoxy groups -OCH3 is 1. The molecule has 170 valence electrons. The van der Waals surface area contributed by atoms with Crippen molar-refractivity contribution in [2.24, 2.45) is 0 Å². The molecular weight excluding hydrogens is 454 g/mol. The number of anilines is 1. The summed E-state index contributed by atoms with van der Waals surface area (Å²) in [7, 11) is 1.37. The van der Waals surface area contributed by atoms with Crippen LogP contribution in [0.15, 0.2) is 24.4 Å². The van der Waals surface area contributed by atoms with Gasteiger partial charge in [-0.05, 0) is 43.0 Å². The van der Waals surface area contributed by atoms with Crippen LogP contribution < -0.4 is 4.90 Å². The number of nitrogens with zero attached hydrogens (tertiary/aromatic N) is 3. The third-order valence-electron chi connectivity index (χ3n) is 6.09. The van der Waals surface area contributed by atoms with Gasteiger partial charge in [0.1, 0.15) is 5.01 Å². The number of carbonyl (C=O) groups excluding carboxylic acids is 2. The minimum Gasteiger partial charge on any atom is -0.481 e. The van der Waals surface area contributed by atoms with Gasteiger partial charge in [-0.25, -0.2) is 9.78 Å². The third-order valence-corrected chi connectivity index (χ3v) is 7.38. The molecule has 4 rings (SSSR count). The van der Waals surface area contributed by atoms with Gasteiger partial charge in [-0.15, -0.1) is 11.3 Å². The first-order valence-electron chi connectivity index (χ1n) is 10.4. The quantitative estimate of drug-likeness (QED) is 0.683. The molecule has 8 nitrogen and oxygen atoms in total. The maximum atomic E-state index is 13.3. The molecule has 1 atom stereocenters. The number of carboxylic acid groups (broad SMARTS) is 1. The van der Waals surface area contributed by atoms with Crippen LogP contribution in [-0.2, 0) is 32.6 Å². The number of aliphatic carboxylic acids is 1. The Morgan fingerprint density at radius 2 is 2.12 bits per heavy atom. The summed E-state index contributed by atoms with van der Waals surface area (Å²) in [6.45, 7) is 1.51. The molecular formula is C22H24ClN3O5S. The molecule has 0 saturated carbocycles. The molecule has 2 aliphatic heterocycles. The smallest absolute Gasteiger partial charge is 0.409 e. The van der Waals surface area contributed by atoms with Gasteiger partial charge in [0.15, 0.2) is 0 Å². The fourth-order valence-corrected chi connectivity index (χ4v) is 5.68. The van der Waals surface area contributed by atoms with Gasteiger partial charge in [0.25, 0.3) is 0 Å². The largest absolute Gasteiger partial charge is 0.481 e. The molecule has 1 unspecified atom stereocenters. The van der Waals surface area contributed by atoms with Gasteiger partial charge in [0.05, 0.1) is 13.5 Å². The summed E-state index contributed by atoms with van der Waals surface area (Å²) in [4.78, 5) is 44.8. The van der Waals surface area contributed by atoms with E-state index in [2.05, 4.69) is 4.98 Å². The number of likely N-dealkylation sites (tertiary alicyclic amines) is 1. The number of aryl methyl sites for hydroxylation is 1. The number of hydrogen-bond acceptors (Lipinski definition) is 6. The predicted octanol–water partition coefficient (Wildman–Crippen LogP) is 3.50. The van der Waals surface area contributed by atoms with Crippen molar-refractivity contribution >= 4 is 46.6 Å². The van der Waals surface area contributed by atoms with E-state index >= 15 is 0 Å². The first kappa shape index (κ1) is 22.5.